The summed E-state index contributed by atoms with van der Waals surface area (Å²) in [7, 11) is 0. The van der Waals surface area contributed by atoms with Gasteiger partial charge >= 0.3 is 0 Å². The first kappa shape index (κ1) is 18.0. The van der Waals surface area contributed by atoms with Crippen LogP contribution in [0.3, 0.4) is 0 Å². The van der Waals surface area contributed by atoms with Crippen LogP contribution in [0.15, 0.2) is 35.7 Å². The molecule has 4 nitrogen and oxygen atoms in total. The molecule has 1 aliphatic rings. The number of halogens is 1. The fourth-order valence-electron chi connectivity index (χ4n) is 2.97. The van der Waals surface area contributed by atoms with Crippen molar-refractivity contribution in [2.45, 2.75) is 32.9 Å². The molecule has 132 valence electrons. The summed E-state index contributed by atoms with van der Waals surface area (Å²) in [6.45, 7) is 5.22. The number of amides is 2. The quantitative estimate of drug-likeness (QED) is 0.883. The normalized spacial score (nSPS) is 15.0. The third-order valence-electron chi connectivity index (χ3n) is 4.45. The molecule has 1 N–H and O–H groups in total. The zero-order valence-corrected chi connectivity index (χ0v) is 15.9. The first-order chi connectivity index (χ1) is 12.0. The van der Waals surface area contributed by atoms with E-state index in [1.165, 1.54) is 10.4 Å². The molecule has 0 aliphatic carbocycles. The summed E-state index contributed by atoms with van der Waals surface area (Å²) in [6, 6.07) is 8.21. The lowest BCUT2D eigenvalue weighted by Gasteiger charge is -2.32. The Balaban J connectivity index is 1.71. The minimum Gasteiger partial charge on any atom is -0.340 e. The van der Waals surface area contributed by atoms with Crippen molar-refractivity contribution in [2.75, 3.05) is 6.54 Å². The van der Waals surface area contributed by atoms with Gasteiger partial charge in [-0.15, -0.1) is 11.3 Å². The maximum absolute atomic E-state index is 13.0. The molecule has 2 heterocycles. The van der Waals surface area contributed by atoms with Crippen molar-refractivity contribution in [2.24, 2.45) is 5.92 Å². The van der Waals surface area contributed by atoms with Gasteiger partial charge in [0, 0.05) is 28.6 Å². The molecule has 0 radical (unpaired) electrons. The van der Waals surface area contributed by atoms with Crippen LogP contribution in [0.5, 0.6) is 0 Å². The number of fused-ring (bicyclic) bond motifs is 1. The molecule has 25 heavy (non-hydrogen) atoms. The van der Waals surface area contributed by atoms with Gasteiger partial charge < -0.3 is 10.2 Å². The molecular weight excluding hydrogens is 356 g/mol. The SMILES string of the molecule is CC(C)[C@H](NC(=O)c1ccc(Cl)cc1)C(=O)N1CCc2sccc2C1. The molecule has 6 heteroatoms. The Hall–Kier alpha value is -1.85. The van der Waals surface area contributed by atoms with Crippen molar-refractivity contribution in [3.63, 3.8) is 0 Å². The lowest BCUT2D eigenvalue weighted by molar-refractivity contribution is -0.135. The fraction of sp³-hybridized carbons (Fsp3) is 0.368. The van der Waals surface area contributed by atoms with E-state index in [1.807, 2.05) is 18.7 Å². The average molecular weight is 377 g/mol. The van der Waals surface area contributed by atoms with Crippen LogP contribution in [0, 0.1) is 5.92 Å². The number of thiophene rings is 1. The molecule has 0 saturated carbocycles. The monoisotopic (exact) mass is 376 g/mol. The van der Waals surface area contributed by atoms with E-state index in [0.717, 1.165) is 6.42 Å². The smallest absolute Gasteiger partial charge is 0.251 e. The molecule has 0 bridgehead atoms. The maximum atomic E-state index is 13.0. The Kier molecular flexibility index (Phi) is 5.45. The Bertz CT molecular complexity index is 770. The maximum Gasteiger partial charge on any atom is 0.251 e. The highest BCUT2D eigenvalue weighted by Gasteiger charge is 2.31. The highest BCUT2D eigenvalue weighted by molar-refractivity contribution is 7.10. The molecule has 1 aliphatic heterocycles. The fourth-order valence-corrected chi connectivity index (χ4v) is 3.99. The van der Waals surface area contributed by atoms with Gasteiger partial charge in [0.25, 0.3) is 5.91 Å². The number of hydrogen-bond acceptors (Lipinski definition) is 3. The van der Waals surface area contributed by atoms with Crippen molar-refractivity contribution in [3.8, 4) is 0 Å². The van der Waals surface area contributed by atoms with Gasteiger partial charge in [-0.2, -0.15) is 0 Å². The second-order valence-electron chi connectivity index (χ2n) is 6.58. The molecular formula is C19H21ClN2O2S. The van der Waals surface area contributed by atoms with Crippen LogP contribution in [-0.4, -0.2) is 29.3 Å². The predicted molar refractivity (Wildman–Crippen MR) is 101 cm³/mol. The summed E-state index contributed by atoms with van der Waals surface area (Å²) in [4.78, 5) is 28.7. The van der Waals surface area contributed by atoms with Crippen LogP contribution in [0.2, 0.25) is 5.02 Å². The molecule has 2 aromatic rings. The van der Waals surface area contributed by atoms with Crippen molar-refractivity contribution in [3.05, 3.63) is 56.7 Å². The number of carbonyl (C=O) groups is 2. The summed E-state index contributed by atoms with van der Waals surface area (Å²) >= 11 is 7.61. The minimum absolute atomic E-state index is 0.00706. The van der Waals surface area contributed by atoms with Gasteiger partial charge in [0.1, 0.15) is 6.04 Å². The summed E-state index contributed by atoms with van der Waals surface area (Å²) < 4.78 is 0. The van der Waals surface area contributed by atoms with Crippen molar-refractivity contribution in [1.82, 2.24) is 10.2 Å². The molecule has 1 aromatic carbocycles. The summed E-state index contributed by atoms with van der Waals surface area (Å²) in [6.07, 6.45) is 0.884. The summed E-state index contributed by atoms with van der Waals surface area (Å²) in [5, 5.41) is 5.54. The van der Waals surface area contributed by atoms with Crippen LogP contribution in [0.4, 0.5) is 0 Å². The summed E-state index contributed by atoms with van der Waals surface area (Å²) in [5.74, 6) is -0.265. The second kappa shape index (κ2) is 7.58. The molecule has 1 aromatic heterocycles. The van der Waals surface area contributed by atoms with E-state index in [1.54, 1.807) is 35.6 Å². The minimum atomic E-state index is -0.539. The average Bonchev–Trinajstić information content (AvgIpc) is 3.06. The van der Waals surface area contributed by atoms with Crippen LogP contribution in [0.1, 0.15) is 34.6 Å². The number of nitrogens with one attached hydrogen (secondary N) is 1. The van der Waals surface area contributed by atoms with E-state index in [2.05, 4.69) is 16.8 Å². The van der Waals surface area contributed by atoms with E-state index in [0.29, 0.717) is 23.7 Å². The van der Waals surface area contributed by atoms with Crippen LogP contribution < -0.4 is 5.32 Å². The predicted octanol–water partition coefficient (Wildman–Crippen LogP) is 3.74. The largest absolute Gasteiger partial charge is 0.340 e. The number of carbonyl (C=O) groups excluding carboxylic acids is 2. The Morgan fingerprint density at radius 2 is 1.92 bits per heavy atom. The van der Waals surface area contributed by atoms with Gasteiger partial charge in [0.15, 0.2) is 0 Å². The molecule has 0 spiro atoms. The van der Waals surface area contributed by atoms with E-state index in [4.69, 9.17) is 11.6 Å². The zero-order valence-electron chi connectivity index (χ0n) is 14.3. The van der Waals surface area contributed by atoms with Gasteiger partial charge in [-0.3, -0.25) is 9.59 Å². The van der Waals surface area contributed by atoms with Gasteiger partial charge in [0.2, 0.25) is 5.91 Å². The van der Waals surface area contributed by atoms with Crippen molar-refractivity contribution < 1.29 is 9.59 Å². The van der Waals surface area contributed by atoms with Crippen molar-refractivity contribution >= 4 is 34.8 Å². The number of nitrogens with zero attached hydrogens (tertiary/aromatic N) is 1. The van der Waals surface area contributed by atoms with E-state index in [9.17, 15) is 9.59 Å². The Labute approximate surface area is 156 Å². The van der Waals surface area contributed by atoms with Gasteiger partial charge in [-0.1, -0.05) is 25.4 Å². The third kappa shape index (κ3) is 4.05. The van der Waals surface area contributed by atoms with Crippen LogP contribution >= 0.6 is 22.9 Å². The van der Waals surface area contributed by atoms with E-state index < -0.39 is 6.04 Å². The molecule has 0 unspecified atom stereocenters. The molecule has 1 atom stereocenters. The number of hydrogen-bond donors (Lipinski definition) is 1. The van der Waals surface area contributed by atoms with E-state index in [-0.39, 0.29) is 17.7 Å². The molecule has 2 amide bonds. The number of rotatable bonds is 4. The van der Waals surface area contributed by atoms with E-state index >= 15 is 0 Å². The standard InChI is InChI=1S/C19H21ClN2O2S/c1-12(2)17(21-18(23)13-3-5-15(20)6-4-13)19(24)22-9-7-16-14(11-22)8-10-25-16/h3-6,8,10,12,17H,7,9,11H2,1-2H3,(H,21,23)/t17-/m0/s1. The van der Waals surface area contributed by atoms with Gasteiger partial charge in [-0.05, 0) is 53.6 Å². The first-order valence-corrected chi connectivity index (χ1v) is 9.62. The van der Waals surface area contributed by atoms with Crippen molar-refractivity contribution in [1.29, 1.82) is 0 Å². The third-order valence-corrected chi connectivity index (χ3v) is 5.72. The lowest BCUT2D eigenvalue weighted by atomic mass is 10.0. The number of benzene rings is 1. The summed E-state index contributed by atoms with van der Waals surface area (Å²) in [5.41, 5.74) is 1.72. The zero-order chi connectivity index (χ0) is 18.0. The van der Waals surface area contributed by atoms with Gasteiger partial charge in [0.05, 0.1) is 0 Å². The molecule has 3 rings (SSSR count). The van der Waals surface area contributed by atoms with Gasteiger partial charge in [-0.25, -0.2) is 0 Å². The Morgan fingerprint density at radius 3 is 2.60 bits per heavy atom. The highest BCUT2D eigenvalue weighted by Crippen LogP contribution is 2.25. The molecule has 0 saturated heterocycles. The molecule has 0 fully saturated rings. The van der Waals surface area contributed by atoms with Crippen LogP contribution in [0.25, 0.3) is 0 Å². The lowest BCUT2D eigenvalue weighted by Crippen LogP contribution is -2.52. The van der Waals surface area contributed by atoms with Crippen LogP contribution in [-0.2, 0) is 17.8 Å². The first-order valence-electron chi connectivity index (χ1n) is 8.36. The second-order valence-corrected chi connectivity index (χ2v) is 8.02. The Morgan fingerprint density at radius 1 is 1.20 bits per heavy atom. The highest BCUT2D eigenvalue weighted by atomic mass is 35.5. The topological polar surface area (TPSA) is 49.4 Å².